The highest BCUT2D eigenvalue weighted by Crippen LogP contribution is 2.46. The van der Waals surface area contributed by atoms with Crippen molar-refractivity contribution in [2.24, 2.45) is 0 Å². The van der Waals surface area contributed by atoms with E-state index in [1.54, 1.807) is 12.1 Å². The summed E-state index contributed by atoms with van der Waals surface area (Å²) in [5.41, 5.74) is 2.88. The van der Waals surface area contributed by atoms with E-state index in [2.05, 4.69) is 0 Å². The molecule has 1 aliphatic heterocycles. The Morgan fingerprint density at radius 2 is 1.83 bits per heavy atom. The predicted molar refractivity (Wildman–Crippen MR) is 86.1 cm³/mol. The van der Waals surface area contributed by atoms with Gasteiger partial charge in [-0.2, -0.15) is 0 Å². The number of nitrogens with zero attached hydrogens (tertiary/aromatic N) is 1. The number of benzene rings is 2. The van der Waals surface area contributed by atoms with E-state index in [4.69, 9.17) is 4.18 Å². The summed E-state index contributed by atoms with van der Waals surface area (Å²) in [5.74, 6) is 0. The van der Waals surface area contributed by atoms with Crippen molar-refractivity contribution >= 4 is 21.3 Å². The largest absolute Gasteiger partial charge is 0.272 e. The van der Waals surface area contributed by atoms with Gasteiger partial charge in [-0.05, 0) is 30.2 Å². The van der Waals surface area contributed by atoms with Gasteiger partial charge in [0, 0.05) is 6.42 Å². The first-order valence-electron chi connectivity index (χ1n) is 7.26. The molecule has 1 aliphatic carbocycles. The molecule has 23 heavy (non-hydrogen) atoms. The average molecular weight is 349 g/mol. The number of hydrogen-bond donors (Lipinski definition) is 0. The van der Waals surface area contributed by atoms with Gasteiger partial charge in [-0.15, -0.1) is 0 Å². The number of fused-ring (bicyclic) bond motifs is 3. The molecule has 0 saturated carbocycles. The van der Waals surface area contributed by atoms with Crippen molar-refractivity contribution in [3.63, 3.8) is 0 Å². The van der Waals surface area contributed by atoms with Gasteiger partial charge >= 0.3 is 0 Å². The lowest BCUT2D eigenvalue weighted by atomic mass is 10.1. The normalized spacial score (nSPS) is 26.9. The lowest BCUT2D eigenvalue weighted by molar-refractivity contribution is 0.230. The molecular formula is C16H15NO4S2. The van der Waals surface area contributed by atoms with Gasteiger partial charge in [0.1, 0.15) is 6.10 Å². The van der Waals surface area contributed by atoms with E-state index in [1.165, 1.54) is 12.1 Å². The van der Waals surface area contributed by atoms with Gasteiger partial charge in [0.05, 0.1) is 10.9 Å². The Morgan fingerprint density at radius 1 is 1.13 bits per heavy atom. The molecular weight excluding hydrogens is 334 g/mol. The van der Waals surface area contributed by atoms with Crippen molar-refractivity contribution in [2.75, 3.05) is 0 Å². The maximum absolute atomic E-state index is 13.0. The molecule has 7 heteroatoms. The molecule has 0 spiro atoms. The molecule has 0 radical (unpaired) electrons. The summed E-state index contributed by atoms with van der Waals surface area (Å²) >= 11 is -2.01. The van der Waals surface area contributed by atoms with E-state index in [0.29, 0.717) is 6.42 Å². The Bertz CT molecular complexity index is 893. The van der Waals surface area contributed by atoms with Gasteiger partial charge in [-0.1, -0.05) is 45.7 Å². The molecule has 120 valence electrons. The molecule has 3 atom stereocenters. The van der Waals surface area contributed by atoms with Gasteiger partial charge in [-0.3, -0.25) is 4.18 Å². The summed E-state index contributed by atoms with van der Waals surface area (Å²) in [6, 6.07) is 13.6. The van der Waals surface area contributed by atoms with Gasteiger partial charge < -0.3 is 0 Å². The summed E-state index contributed by atoms with van der Waals surface area (Å²) < 4.78 is 44.7. The molecule has 2 aromatic rings. The summed E-state index contributed by atoms with van der Waals surface area (Å²) in [6.45, 7) is 1.89. The van der Waals surface area contributed by atoms with Crippen LogP contribution < -0.4 is 0 Å². The van der Waals surface area contributed by atoms with E-state index in [1.807, 2.05) is 31.2 Å². The van der Waals surface area contributed by atoms with Gasteiger partial charge in [-0.25, -0.2) is 12.6 Å². The molecule has 0 bridgehead atoms. The van der Waals surface area contributed by atoms with Gasteiger partial charge in [0.15, 0.2) is 0 Å². The smallest absolute Gasteiger partial charge is 0.256 e. The molecule has 1 unspecified atom stereocenters. The Morgan fingerprint density at radius 3 is 2.57 bits per heavy atom. The van der Waals surface area contributed by atoms with Crippen LogP contribution in [0, 0.1) is 6.92 Å². The Balaban J connectivity index is 1.81. The second-order valence-electron chi connectivity index (χ2n) is 5.77. The zero-order chi connectivity index (χ0) is 16.2. The molecule has 0 amide bonds. The van der Waals surface area contributed by atoms with Crippen LogP contribution in [-0.4, -0.2) is 22.4 Å². The first kappa shape index (κ1) is 15.0. The van der Waals surface area contributed by atoms with Crippen LogP contribution in [0.5, 0.6) is 0 Å². The average Bonchev–Trinajstić information content (AvgIpc) is 3.02. The first-order chi connectivity index (χ1) is 11.0. The fourth-order valence-electron chi connectivity index (χ4n) is 3.16. The third kappa shape index (κ3) is 2.27. The van der Waals surface area contributed by atoms with Crippen molar-refractivity contribution in [1.29, 1.82) is 0 Å². The summed E-state index contributed by atoms with van der Waals surface area (Å²) in [6.07, 6.45) is 0.181. The van der Waals surface area contributed by atoms with E-state index in [0.717, 1.165) is 20.4 Å². The number of aryl methyl sites for hydroxylation is 1. The van der Waals surface area contributed by atoms with Crippen LogP contribution >= 0.6 is 0 Å². The van der Waals surface area contributed by atoms with Gasteiger partial charge in [0.2, 0.25) is 0 Å². The summed E-state index contributed by atoms with van der Waals surface area (Å²) in [5, 5.41) is 0. The van der Waals surface area contributed by atoms with E-state index < -0.39 is 33.4 Å². The van der Waals surface area contributed by atoms with E-state index >= 15 is 0 Å². The maximum atomic E-state index is 13.0. The fourth-order valence-corrected chi connectivity index (χ4v) is 6.30. The minimum Gasteiger partial charge on any atom is -0.272 e. The lowest BCUT2D eigenvalue weighted by Crippen LogP contribution is -2.32. The van der Waals surface area contributed by atoms with Crippen LogP contribution in [0.1, 0.15) is 22.7 Å². The van der Waals surface area contributed by atoms with Crippen LogP contribution in [0.2, 0.25) is 0 Å². The van der Waals surface area contributed by atoms with Crippen LogP contribution in [-0.2, 0) is 31.9 Å². The molecule has 4 rings (SSSR count). The minimum absolute atomic E-state index is 0.130. The maximum Gasteiger partial charge on any atom is 0.256 e. The summed E-state index contributed by atoms with van der Waals surface area (Å²) in [4.78, 5) is 0.130. The highest BCUT2D eigenvalue weighted by Gasteiger charge is 2.52. The topological polar surface area (TPSA) is 63.7 Å². The number of sulfonamides is 1. The monoisotopic (exact) mass is 349 g/mol. The molecule has 2 aliphatic rings. The molecule has 1 fully saturated rings. The van der Waals surface area contributed by atoms with E-state index in [9.17, 15) is 12.6 Å². The molecule has 0 aromatic heterocycles. The highest BCUT2D eigenvalue weighted by atomic mass is 32.3. The van der Waals surface area contributed by atoms with Gasteiger partial charge in [0.25, 0.3) is 21.3 Å². The van der Waals surface area contributed by atoms with Crippen molar-refractivity contribution in [3.05, 3.63) is 65.2 Å². The zero-order valence-corrected chi connectivity index (χ0v) is 14.0. The highest BCUT2D eigenvalue weighted by molar-refractivity contribution is 7.99. The molecule has 1 saturated heterocycles. The Labute approximate surface area is 137 Å². The van der Waals surface area contributed by atoms with Crippen LogP contribution in [0.15, 0.2) is 53.4 Å². The van der Waals surface area contributed by atoms with Crippen molar-refractivity contribution < 1.29 is 16.8 Å². The van der Waals surface area contributed by atoms with Crippen molar-refractivity contribution in [2.45, 2.75) is 30.4 Å². The third-order valence-corrected chi connectivity index (χ3v) is 7.74. The first-order valence-corrected chi connectivity index (χ1v) is 9.73. The third-order valence-electron chi connectivity index (χ3n) is 4.28. The standard InChI is InChI=1S/C16H15NO4S2/c1-11-6-8-13(9-7-11)23(19,20)17-16-14-5-3-2-4-12(14)10-15(16)21-22(17)18/h2-9,15-16H,10H2,1H3/t15-,16+,22?/m1/s1. The quantitative estimate of drug-likeness (QED) is 0.834. The SMILES string of the molecule is Cc1ccc(S(=O)(=O)N2[C@H]3c4ccccc4C[C@H]3OS2=O)cc1. The summed E-state index contributed by atoms with van der Waals surface area (Å²) in [7, 11) is -3.89. The Hall–Kier alpha value is -1.54. The Kier molecular flexibility index (Phi) is 3.42. The number of hydrogen-bond acceptors (Lipinski definition) is 4. The van der Waals surface area contributed by atoms with Crippen LogP contribution in [0.4, 0.5) is 0 Å². The number of rotatable bonds is 2. The zero-order valence-electron chi connectivity index (χ0n) is 12.4. The van der Waals surface area contributed by atoms with Crippen molar-refractivity contribution in [3.8, 4) is 0 Å². The second-order valence-corrected chi connectivity index (χ2v) is 8.84. The molecule has 0 N–H and O–H groups in total. The van der Waals surface area contributed by atoms with Crippen LogP contribution in [0.3, 0.4) is 0 Å². The van der Waals surface area contributed by atoms with Crippen molar-refractivity contribution in [1.82, 2.24) is 3.71 Å². The lowest BCUT2D eigenvalue weighted by Gasteiger charge is -2.20. The molecule has 5 nitrogen and oxygen atoms in total. The molecule has 2 aromatic carbocycles. The minimum atomic E-state index is -3.89. The predicted octanol–water partition coefficient (Wildman–Crippen LogP) is 2.26. The molecule has 1 heterocycles. The fraction of sp³-hybridized carbons (Fsp3) is 0.250. The van der Waals surface area contributed by atoms with Crippen LogP contribution in [0.25, 0.3) is 0 Å². The van der Waals surface area contributed by atoms with E-state index in [-0.39, 0.29) is 4.90 Å². The second kappa shape index (κ2) is 5.24.